The molecule has 1 fully saturated rings. The number of nitrogens with zero attached hydrogens (tertiary/aromatic N) is 1. The minimum absolute atomic E-state index is 0.0268. The van der Waals surface area contributed by atoms with Crippen LogP contribution < -0.4 is 20.7 Å². The first-order valence-electron chi connectivity index (χ1n) is 11.5. The molecule has 0 spiro atoms. The highest BCUT2D eigenvalue weighted by Crippen LogP contribution is 2.26. The molecule has 8 nitrogen and oxygen atoms in total. The quantitative estimate of drug-likeness (QED) is 0.459. The van der Waals surface area contributed by atoms with Crippen molar-refractivity contribution in [1.82, 2.24) is 15.6 Å². The molecule has 0 saturated carbocycles. The van der Waals surface area contributed by atoms with Crippen molar-refractivity contribution in [1.29, 1.82) is 0 Å². The number of hydrogen-bond donors (Lipinski definition) is 3. The summed E-state index contributed by atoms with van der Waals surface area (Å²) in [6.45, 7) is 6.36. The Bertz CT molecular complexity index is 1120. The second kappa shape index (κ2) is 11.8. The van der Waals surface area contributed by atoms with Crippen LogP contribution in [0.2, 0.25) is 5.02 Å². The summed E-state index contributed by atoms with van der Waals surface area (Å²) in [4.78, 5) is 17.5. The lowest BCUT2D eigenvalue weighted by atomic mass is 10.0. The maximum absolute atomic E-state index is 12.9. The first-order valence-corrected chi connectivity index (χ1v) is 12.3. The summed E-state index contributed by atoms with van der Waals surface area (Å²) in [6.07, 6.45) is 3.90. The first-order chi connectivity index (χ1) is 16.9. The van der Waals surface area contributed by atoms with E-state index < -0.39 is 0 Å². The van der Waals surface area contributed by atoms with Gasteiger partial charge >= 0.3 is 0 Å². The van der Waals surface area contributed by atoms with Gasteiger partial charge in [0.05, 0.1) is 31.6 Å². The zero-order chi connectivity index (χ0) is 24.8. The van der Waals surface area contributed by atoms with E-state index >= 15 is 0 Å². The van der Waals surface area contributed by atoms with E-state index in [9.17, 15) is 4.79 Å². The number of rotatable bonds is 8. The third kappa shape index (κ3) is 6.49. The van der Waals surface area contributed by atoms with Crippen LogP contribution in [0.5, 0.6) is 5.75 Å². The fourth-order valence-corrected chi connectivity index (χ4v) is 4.42. The highest BCUT2D eigenvalue weighted by molar-refractivity contribution is 7.81. The fraction of sp³-hybridized carbons (Fsp3) is 0.400. The Labute approximate surface area is 215 Å². The number of hydrogen-bond acceptors (Lipinski definition) is 7. The van der Waals surface area contributed by atoms with Gasteiger partial charge in [-0.25, -0.2) is 0 Å². The van der Waals surface area contributed by atoms with Gasteiger partial charge < -0.3 is 30.2 Å². The molecule has 0 bridgehead atoms. The molecule has 3 heterocycles. The van der Waals surface area contributed by atoms with Crippen LogP contribution in [-0.4, -0.2) is 54.5 Å². The van der Waals surface area contributed by atoms with Crippen molar-refractivity contribution >= 4 is 40.4 Å². The number of nitrogens with one attached hydrogen (secondary N) is 3. The lowest BCUT2D eigenvalue weighted by Gasteiger charge is -2.28. The fourth-order valence-electron chi connectivity index (χ4n) is 3.92. The van der Waals surface area contributed by atoms with E-state index in [2.05, 4.69) is 20.9 Å². The van der Waals surface area contributed by atoms with E-state index in [1.54, 1.807) is 12.4 Å². The number of thiocarbonyl (C=S) groups is 1. The molecule has 35 heavy (non-hydrogen) atoms. The van der Waals surface area contributed by atoms with E-state index in [4.69, 9.17) is 38.0 Å². The van der Waals surface area contributed by atoms with Crippen LogP contribution in [0.4, 0.5) is 5.69 Å². The Balaban J connectivity index is 1.49. The molecule has 1 aromatic heterocycles. The number of ether oxygens (including phenoxy) is 3. The minimum atomic E-state index is -0.218. The second-order valence-corrected chi connectivity index (χ2v) is 9.33. The summed E-state index contributed by atoms with van der Waals surface area (Å²) >= 11 is 11.9. The van der Waals surface area contributed by atoms with Crippen molar-refractivity contribution in [3.05, 3.63) is 64.1 Å². The third-order valence-corrected chi connectivity index (χ3v) is 6.55. The Kier molecular flexibility index (Phi) is 8.56. The Hall–Kier alpha value is -2.72. The second-order valence-electron chi connectivity index (χ2n) is 8.51. The number of benzene rings is 1. The van der Waals surface area contributed by atoms with Gasteiger partial charge in [0.15, 0.2) is 0 Å². The molecule has 0 radical (unpaired) electrons. The first kappa shape index (κ1) is 25.4. The van der Waals surface area contributed by atoms with Crippen LogP contribution in [-0.2, 0) is 20.8 Å². The summed E-state index contributed by atoms with van der Waals surface area (Å²) in [6, 6.07) is 7.40. The van der Waals surface area contributed by atoms with Gasteiger partial charge in [-0.3, -0.25) is 9.78 Å². The van der Waals surface area contributed by atoms with Gasteiger partial charge in [-0.2, -0.15) is 0 Å². The lowest BCUT2D eigenvalue weighted by molar-refractivity contribution is -0.118. The van der Waals surface area contributed by atoms with E-state index in [1.807, 2.05) is 38.1 Å². The van der Waals surface area contributed by atoms with Gasteiger partial charge in [-0.1, -0.05) is 29.9 Å². The van der Waals surface area contributed by atoms with Crippen LogP contribution in [0.3, 0.4) is 0 Å². The molecule has 10 heteroatoms. The molecule has 1 saturated heterocycles. The molecular weight excluding hydrogens is 488 g/mol. The third-order valence-electron chi connectivity index (χ3n) is 5.83. The van der Waals surface area contributed by atoms with E-state index in [0.717, 1.165) is 22.5 Å². The zero-order valence-electron chi connectivity index (χ0n) is 19.7. The van der Waals surface area contributed by atoms with Gasteiger partial charge in [0.1, 0.15) is 23.4 Å². The number of anilines is 1. The summed E-state index contributed by atoms with van der Waals surface area (Å²) in [5.41, 5.74) is 3.72. The van der Waals surface area contributed by atoms with Crippen molar-refractivity contribution in [2.75, 3.05) is 31.7 Å². The zero-order valence-corrected chi connectivity index (χ0v) is 21.3. The van der Waals surface area contributed by atoms with Gasteiger partial charge in [-0.05, 0) is 37.6 Å². The molecule has 2 aliphatic rings. The topological polar surface area (TPSA) is 93.7 Å². The monoisotopic (exact) mass is 516 g/mol. The molecule has 186 valence electrons. The SMILES string of the molecule is Cc1c(Cl)cccc1NC(=S)C1=C(NCc2ccncc2OC[C@@H]2COCCO2)CC(C)NC1=O. The van der Waals surface area contributed by atoms with Crippen molar-refractivity contribution < 1.29 is 19.0 Å². The number of amides is 1. The molecule has 2 aliphatic heterocycles. The van der Waals surface area contributed by atoms with Gasteiger partial charge in [0.2, 0.25) is 0 Å². The summed E-state index contributed by atoms with van der Waals surface area (Å²) in [5, 5.41) is 10.2. The smallest absolute Gasteiger partial charge is 0.256 e. The Morgan fingerprint density at radius 1 is 1.34 bits per heavy atom. The van der Waals surface area contributed by atoms with Crippen LogP contribution in [0.1, 0.15) is 24.5 Å². The highest BCUT2D eigenvalue weighted by Gasteiger charge is 2.28. The predicted molar refractivity (Wildman–Crippen MR) is 139 cm³/mol. The molecule has 2 atom stereocenters. The lowest BCUT2D eigenvalue weighted by Crippen LogP contribution is -2.44. The Morgan fingerprint density at radius 2 is 2.20 bits per heavy atom. The van der Waals surface area contributed by atoms with Gasteiger partial charge in [0.25, 0.3) is 5.91 Å². The normalized spacial score (nSPS) is 20.3. The molecule has 4 rings (SSSR count). The van der Waals surface area contributed by atoms with Crippen LogP contribution >= 0.6 is 23.8 Å². The summed E-state index contributed by atoms with van der Waals surface area (Å²) in [5.74, 6) is 0.434. The average Bonchev–Trinajstić information content (AvgIpc) is 2.85. The highest BCUT2D eigenvalue weighted by atomic mass is 35.5. The van der Waals surface area contributed by atoms with Crippen molar-refractivity contribution in [2.24, 2.45) is 0 Å². The molecule has 0 aliphatic carbocycles. The van der Waals surface area contributed by atoms with Crippen molar-refractivity contribution in [2.45, 2.75) is 39.0 Å². The minimum Gasteiger partial charge on any atom is -0.489 e. The molecule has 1 aromatic carbocycles. The molecule has 3 N–H and O–H groups in total. The summed E-state index contributed by atoms with van der Waals surface area (Å²) in [7, 11) is 0. The van der Waals surface area contributed by atoms with Gasteiger partial charge in [0, 0.05) is 47.2 Å². The van der Waals surface area contributed by atoms with Crippen LogP contribution in [0.15, 0.2) is 47.9 Å². The Morgan fingerprint density at radius 3 is 3.00 bits per heavy atom. The standard InChI is InChI=1S/C25H29ClN4O4S/c1-15-10-21(23(24(31)29-15)25(35)30-20-5-3-4-19(26)16(20)2)28-11-17-6-7-27-12-22(17)34-14-18-13-32-8-9-33-18/h3-7,12,15,18,28H,8-11,13-14H2,1-2H3,(H,29,31)(H,30,35)/t15?,18-/m0/s1. The van der Waals surface area contributed by atoms with Gasteiger partial charge in [-0.15, -0.1) is 0 Å². The number of halogens is 1. The summed E-state index contributed by atoms with van der Waals surface area (Å²) < 4.78 is 17.1. The maximum atomic E-state index is 12.9. The number of carbonyl (C=O) groups is 1. The molecule has 1 unspecified atom stereocenters. The number of pyridine rings is 1. The molecule has 2 aromatic rings. The molecule has 1 amide bonds. The van der Waals surface area contributed by atoms with Crippen LogP contribution in [0.25, 0.3) is 0 Å². The van der Waals surface area contributed by atoms with E-state index in [1.165, 1.54) is 0 Å². The maximum Gasteiger partial charge on any atom is 0.256 e. The predicted octanol–water partition coefficient (Wildman–Crippen LogP) is 3.53. The molecular formula is C25H29ClN4O4S. The van der Waals surface area contributed by atoms with Crippen molar-refractivity contribution in [3.63, 3.8) is 0 Å². The van der Waals surface area contributed by atoms with E-state index in [0.29, 0.717) is 60.7 Å². The largest absolute Gasteiger partial charge is 0.489 e. The van der Waals surface area contributed by atoms with Crippen molar-refractivity contribution in [3.8, 4) is 5.75 Å². The number of aromatic nitrogens is 1. The number of carbonyl (C=O) groups excluding carboxylic acids is 1. The van der Waals surface area contributed by atoms with E-state index in [-0.39, 0.29) is 18.1 Å². The van der Waals surface area contributed by atoms with Crippen LogP contribution in [0, 0.1) is 6.92 Å². The average molecular weight is 517 g/mol.